The van der Waals surface area contributed by atoms with Crippen LogP contribution < -0.4 is 0 Å². The number of hydrogen-bond acceptors (Lipinski definition) is 2. The normalized spacial score (nSPS) is 8.80. The van der Waals surface area contributed by atoms with Crippen LogP contribution in [0, 0.1) is 0 Å². The Morgan fingerprint density at radius 2 is 1.87 bits per heavy atom. The molecule has 1 N–H and O–H groups in total. The number of carboxylic acid groups (broad SMARTS) is 1. The molecule has 15 heavy (non-hydrogen) atoms. The number of pyridine rings is 1. The molecule has 0 radical (unpaired) electrons. The summed E-state index contributed by atoms with van der Waals surface area (Å²) >= 11 is 0. The largest absolute Gasteiger partial charge is 0.478 e. The molecule has 76 valence electrons. The molecule has 0 atom stereocenters. The van der Waals surface area contributed by atoms with E-state index in [1.807, 2.05) is 30.5 Å². The van der Waals surface area contributed by atoms with Crippen molar-refractivity contribution in [3.63, 3.8) is 0 Å². The molecule has 0 spiro atoms. The predicted octanol–water partition coefficient (Wildman–Crippen LogP) is 2.49. The minimum atomic E-state index is -0.981. The number of benzene rings is 1. The second-order valence-electron chi connectivity index (χ2n) is 2.74. The van der Waals surface area contributed by atoms with Crippen molar-refractivity contribution in [3.8, 4) is 0 Å². The van der Waals surface area contributed by atoms with Crippen molar-refractivity contribution in [3.05, 3.63) is 55.3 Å². The lowest BCUT2D eigenvalue weighted by atomic mass is 10.2. The van der Waals surface area contributed by atoms with Gasteiger partial charge in [0.05, 0.1) is 5.52 Å². The summed E-state index contributed by atoms with van der Waals surface area (Å²) in [5, 5.41) is 8.80. The lowest BCUT2D eigenvalue weighted by Crippen LogP contribution is -1.82. The molecule has 0 unspecified atom stereocenters. The predicted molar refractivity (Wildman–Crippen MR) is 59.6 cm³/mol. The zero-order valence-corrected chi connectivity index (χ0v) is 8.13. The Balaban J connectivity index is 0.000000195. The van der Waals surface area contributed by atoms with E-state index in [-0.39, 0.29) is 0 Å². The van der Waals surface area contributed by atoms with Gasteiger partial charge in [0.25, 0.3) is 0 Å². The first-order valence-corrected chi connectivity index (χ1v) is 4.39. The van der Waals surface area contributed by atoms with Gasteiger partial charge in [0.1, 0.15) is 0 Å². The molecule has 1 aromatic heterocycles. The maximum absolute atomic E-state index is 9.25. The minimum Gasteiger partial charge on any atom is -0.478 e. The third kappa shape index (κ3) is 3.60. The summed E-state index contributed by atoms with van der Waals surface area (Å²) in [5.41, 5.74) is 1.06. The molecule has 0 bridgehead atoms. The molecule has 0 aliphatic heterocycles. The summed E-state index contributed by atoms with van der Waals surface area (Å²) in [7, 11) is 0. The molecule has 1 aromatic carbocycles. The summed E-state index contributed by atoms with van der Waals surface area (Å²) in [6.07, 6.45) is 2.64. The topological polar surface area (TPSA) is 50.2 Å². The average molecular weight is 201 g/mol. The maximum Gasteiger partial charge on any atom is 0.327 e. The lowest BCUT2D eigenvalue weighted by Gasteiger charge is -1.91. The Labute approximate surface area is 87.7 Å². The summed E-state index contributed by atoms with van der Waals surface area (Å²) in [6, 6.07) is 12.1. The number of para-hydroxylation sites is 1. The second-order valence-corrected chi connectivity index (χ2v) is 2.74. The van der Waals surface area contributed by atoms with Crippen molar-refractivity contribution in [1.29, 1.82) is 0 Å². The van der Waals surface area contributed by atoms with Crippen molar-refractivity contribution < 1.29 is 9.90 Å². The lowest BCUT2D eigenvalue weighted by molar-refractivity contribution is -0.131. The number of rotatable bonds is 1. The van der Waals surface area contributed by atoms with Gasteiger partial charge in [-0.1, -0.05) is 30.8 Å². The summed E-state index contributed by atoms with van der Waals surface area (Å²) in [5.74, 6) is -0.981. The molecule has 3 heteroatoms. The molecular formula is C12H11NO2. The number of fused-ring (bicyclic) bond motifs is 1. The van der Waals surface area contributed by atoms with Crippen molar-refractivity contribution >= 4 is 16.9 Å². The van der Waals surface area contributed by atoms with E-state index in [1.54, 1.807) is 0 Å². The van der Waals surface area contributed by atoms with E-state index in [0.29, 0.717) is 0 Å². The summed E-state index contributed by atoms with van der Waals surface area (Å²) < 4.78 is 0. The molecule has 0 fully saturated rings. The Kier molecular flexibility index (Phi) is 4.04. The molecule has 0 aliphatic carbocycles. The van der Waals surface area contributed by atoms with Crippen LogP contribution in [0.1, 0.15) is 0 Å². The van der Waals surface area contributed by atoms with Gasteiger partial charge in [-0.05, 0) is 12.1 Å². The number of hydrogen-bond donors (Lipinski definition) is 1. The third-order valence-corrected chi connectivity index (χ3v) is 1.69. The van der Waals surface area contributed by atoms with Gasteiger partial charge in [-0.25, -0.2) is 4.79 Å². The van der Waals surface area contributed by atoms with Gasteiger partial charge in [0.15, 0.2) is 0 Å². The summed E-state index contributed by atoms with van der Waals surface area (Å²) in [4.78, 5) is 13.4. The zero-order chi connectivity index (χ0) is 11.1. The van der Waals surface area contributed by atoms with Gasteiger partial charge in [0, 0.05) is 17.7 Å². The van der Waals surface area contributed by atoms with Gasteiger partial charge >= 0.3 is 5.97 Å². The van der Waals surface area contributed by atoms with E-state index < -0.39 is 5.97 Å². The van der Waals surface area contributed by atoms with Crippen LogP contribution in [-0.4, -0.2) is 16.1 Å². The Morgan fingerprint density at radius 3 is 2.47 bits per heavy atom. The van der Waals surface area contributed by atoms with Gasteiger partial charge in [-0.15, -0.1) is 0 Å². The number of nitrogens with zero attached hydrogens (tertiary/aromatic N) is 1. The van der Waals surface area contributed by atoms with Crippen LogP contribution in [0.25, 0.3) is 10.9 Å². The van der Waals surface area contributed by atoms with E-state index in [9.17, 15) is 4.79 Å². The zero-order valence-electron chi connectivity index (χ0n) is 8.13. The highest BCUT2D eigenvalue weighted by atomic mass is 16.4. The fourth-order valence-electron chi connectivity index (χ4n) is 1.02. The highest BCUT2D eigenvalue weighted by Gasteiger charge is 1.86. The Hall–Kier alpha value is -2.16. The Morgan fingerprint density at radius 1 is 1.27 bits per heavy atom. The minimum absolute atomic E-state index is 0.833. The van der Waals surface area contributed by atoms with Crippen LogP contribution in [0.2, 0.25) is 0 Å². The standard InChI is InChI=1S/C9H7N.C3H4O2/c1-2-6-9-8(4-1)5-3-7-10-9;1-2-3(4)5/h1-7H;2H,1H2,(H,4,5). The molecule has 1 heterocycles. The molecule has 0 saturated carbocycles. The van der Waals surface area contributed by atoms with Gasteiger partial charge in [0.2, 0.25) is 0 Å². The monoisotopic (exact) mass is 201 g/mol. The van der Waals surface area contributed by atoms with Gasteiger partial charge in [-0.3, -0.25) is 4.98 Å². The number of carbonyl (C=O) groups is 1. The van der Waals surface area contributed by atoms with Gasteiger partial charge < -0.3 is 5.11 Å². The number of carboxylic acids is 1. The molecule has 0 aliphatic rings. The number of aliphatic carboxylic acids is 1. The van der Waals surface area contributed by atoms with E-state index >= 15 is 0 Å². The molecule has 2 aromatic rings. The van der Waals surface area contributed by atoms with Gasteiger partial charge in [-0.2, -0.15) is 0 Å². The molecule has 3 nitrogen and oxygen atoms in total. The fourth-order valence-corrected chi connectivity index (χ4v) is 1.02. The van der Waals surface area contributed by atoms with Crippen LogP contribution in [-0.2, 0) is 4.79 Å². The first-order chi connectivity index (χ1) is 7.24. The Bertz CT molecular complexity index is 400. The first kappa shape index (κ1) is 10.9. The van der Waals surface area contributed by atoms with Crippen LogP contribution in [0.5, 0.6) is 0 Å². The highest BCUT2D eigenvalue weighted by Crippen LogP contribution is 2.07. The molecular weight excluding hydrogens is 190 g/mol. The first-order valence-electron chi connectivity index (χ1n) is 4.39. The maximum atomic E-state index is 9.25. The second kappa shape index (κ2) is 5.54. The van der Waals surface area contributed by atoms with E-state index in [1.165, 1.54) is 5.39 Å². The highest BCUT2D eigenvalue weighted by molar-refractivity contribution is 5.79. The van der Waals surface area contributed by atoms with Crippen LogP contribution in [0.15, 0.2) is 55.3 Å². The fraction of sp³-hybridized carbons (Fsp3) is 0. The third-order valence-electron chi connectivity index (χ3n) is 1.69. The quantitative estimate of drug-likeness (QED) is 0.721. The van der Waals surface area contributed by atoms with Crippen molar-refractivity contribution in [2.24, 2.45) is 0 Å². The molecule has 2 rings (SSSR count). The number of aromatic nitrogens is 1. The van der Waals surface area contributed by atoms with Crippen molar-refractivity contribution in [2.75, 3.05) is 0 Å². The van der Waals surface area contributed by atoms with Crippen molar-refractivity contribution in [1.82, 2.24) is 4.98 Å². The van der Waals surface area contributed by atoms with E-state index in [0.717, 1.165) is 11.6 Å². The summed E-state index contributed by atoms with van der Waals surface area (Å²) in [6.45, 7) is 2.96. The average Bonchev–Trinajstić information content (AvgIpc) is 2.30. The SMILES string of the molecule is C=CC(=O)O.c1ccc2ncccc2c1. The van der Waals surface area contributed by atoms with Crippen molar-refractivity contribution in [2.45, 2.75) is 0 Å². The molecule has 0 saturated heterocycles. The van der Waals surface area contributed by atoms with Crippen LogP contribution in [0.4, 0.5) is 0 Å². The smallest absolute Gasteiger partial charge is 0.327 e. The van der Waals surface area contributed by atoms with E-state index in [2.05, 4.69) is 23.7 Å². The molecule has 0 amide bonds. The van der Waals surface area contributed by atoms with Crippen LogP contribution >= 0.6 is 0 Å². The van der Waals surface area contributed by atoms with Crippen LogP contribution in [0.3, 0.4) is 0 Å². The van der Waals surface area contributed by atoms with E-state index in [4.69, 9.17) is 5.11 Å².